The number of rotatable bonds is 8. The minimum atomic E-state index is -0.954. The van der Waals surface area contributed by atoms with Crippen LogP contribution >= 0.6 is 15.9 Å². The van der Waals surface area contributed by atoms with Crippen molar-refractivity contribution in [3.8, 4) is 5.75 Å². The Hall–Kier alpha value is -2.14. The number of aliphatic hydroxyl groups is 1. The molecule has 1 heterocycles. The van der Waals surface area contributed by atoms with Gasteiger partial charge in [0.05, 0.1) is 6.61 Å². The SMILES string of the molecule is CC(COc1cccc(Br)c1)CN1CCC(C(O)(c2ccccc2)c2ccccc2)CC1. The maximum atomic E-state index is 12.0. The summed E-state index contributed by atoms with van der Waals surface area (Å²) in [5, 5.41) is 12.0. The van der Waals surface area contributed by atoms with E-state index < -0.39 is 5.60 Å². The Kier molecular flexibility index (Phi) is 7.67. The van der Waals surface area contributed by atoms with Crippen LogP contribution in [0.25, 0.3) is 0 Å². The van der Waals surface area contributed by atoms with Gasteiger partial charge in [0, 0.05) is 16.9 Å². The van der Waals surface area contributed by atoms with Crippen molar-refractivity contribution < 1.29 is 9.84 Å². The van der Waals surface area contributed by atoms with Crippen molar-refractivity contribution in [2.24, 2.45) is 11.8 Å². The molecule has 1 fully saturated rings. The molecule has 32 heavy (non-hydrogen) atoms. The number of nitrogens with zero attached hydrogens (tertiary/aromatic N) is 1. The fourth-order valence-corrected chi connectivity index (χ4v) is 5.22. The van der Waals surface area contributed by atoms with Gasteiger partial charge in [-0.05, 0) is 61.2 Å². The van der Waals surface area contributed by atoms with Crippen molar-refractivity contribution >= 4 is 15.9 Å². The lowest BCUT2D eigenvalue weighted by molar-refractivity contribution is -0.0164. The molecular weight excluding hydrogens is 462 g/mol. The first kappa shape index (κ1) is 23.0. The number of likely N-dealkylation sites (tertiary alicyclic amines) is 1. The van der Waals surface area contributed by atoms with E-state index in [2.05, 4.69) is 52.0 Å². The van der Waals surface area contributed by atoms with E-state index in [0.29, 0.717) is 12.5 Å². The van der Waals surface area contributed by atoms with E-state index in [1.165, 1.54) is 0 Å². The molecule has 1 N–H and O–H groups in total. The van der Waals surface area contributed by atoms with Gasteiger partial charge in [-0.3, -0.25) is 0 Å². The summed E-state index contributed by atoms with van der Waals surface area (Å²) in [5.41, 5.74) is 1.02. The van der Waals surface area contributed by atoms with Crippen LogP contribution in [0.1, 0.15) is 30.9 Å². The largest absolute Gasteiger partial charge is 0.493 e. The maximum absolute atomic E-state index is 12.0. The summed E-state index contributed by atoms with van der Waals surface area (Å²) < 4.78 is 7.02. The molecular formula is C28H32BrNO2. The molecule has 0 aromatic heterocycles. The summed E-state index contributed by atoms with van der Waals surface area (Å²) >= 11 is 3.50. The summed E-state index contributed by atoms with van der Waals surface area (Å²) in [4.78, 5) is 2.52. The average molecular weight is 494 g/mol. The molecule has 0 radical (unpaired) electrons. The van der Waals surface area contributed by atoms with Crippen molar-refractivity contribution in [2.75, 3.05) is 26.2 Å². The van der Waals surface area contributed by atoms with Gasteiger partial charge in [0.25, 0.3) is 0 Å². The smallest absolute Gasteiger partial charge is 0.120 e. The lowest BCUT2D eigenvalue weighted by atomic mass is 9.72. The van der Waals surface area contributed by atoms with Crippen molar-refractivity contribution in [2.45, 2.75) is 25.4 Å². The standard InChI is InChI=1S/C28H32BrNO2/c1-22(21-32-27-14-8-13-26(29)19-27)20-30-17-15-25(16-18-30)28(31,23-9-4-2-5-10-23)24-11-6-3-7-12-24/h2-14,19,22,25,31H,15-18,20-21H2,1H3. The number of ether oxygens (including phenoxy) is 1. The Morgan fingerprint density at radius 3 is 2.09 bits per heavy atom. The van der Waals surface area contributed by atoms with E-state index in [-0.39, 0.29) is 5.92 Å². The first-order chi connectivity index (χ1) is 15.6. The number of benzene rings is 3. The monoisotopic (exact) mass is 493 g/mol. The fourth-order valence-electron chi connectivity index (χ4n) is 4.84. The van der Waals surface area contributed by atoms with Crippen molar-refractivity contribution in [3.63, 3.8) is 0 Å². The summed E-state index contributed by atoms with van der Waals surface area (Å²) in [6, 6.07) is 28.3. The van der Waals surface area contributed by atoms with Gasteiger partial charge in [0.2, 0.25) is 0 Å². The molecule has 1 saturated heterocycles. The Morgan fingerprint density at radius 2 is 1.53 bits per heavy atom. The average Bonchev–Trinajstić information content (AvgIpc) is 2.84. The van der Waals surface area contributed by atoms with E-state index in [1.807, 2.05) is 60.7 Å². The van der Waals surface area contributed by atoms with Gasteiger partial charge in [-0.25, -0.2) is 0 Å². The molecule has 3 aromatic carbocycles. The molecule has 1 unspecified atom stereocenters. The minimum absolute atomic E-state index is 0.191. The van der Waals surface area contributed by atoms with Gasteiger partial charge in [0.1, 0.15) is 11.4 Å². The van der Waals surface area contributed by atoms with Crippen LogP contribution < -0.4 is 4.74 Å². The predicted molar refractivity (Wildman–Crippen MR) is 134 cm³/mol. The third kappa shape index (κ3) is 5.43. The lowest BCUT2D eigenvalue weighted by Crippen LogP contribution is -2.45. The second kappa shape index (κ2) is 10.7. The quantitative estimate of drug-likeness (QED) is 0.410. The van der Waals surface area contributed by atoms with Crippen LogP contribution in [0.3, 0.4) is 0 Å². The topological polar surface area (TPSA) is 32.7 Å². The summed E-state index contributed by atoms with van der Waals surface area (Å²) in [7, 11) is 0. The molecule has 0 amide bonds. The van der Waals surface area contributed by atoms with Gasteiger partial charge in [-0.2, -0.15) is 0 Å². The summed E-state index contributed by atoms with van der Waals surface area (Å²) in [6.45, 7) is 5.94. The molecule has 0 spiro atoms. The van der Waals surface area contributed by atoms with Crippen molar-refractivity contribution in [3.05, 3.63) is 101 Å². The van der Waals surface area contributed by atoms with Crippen molar-refractivity contribution in [1.29, 1.82) is 0 Å². The van der Waals surface area contributed by atoms with E-state index >= 15 is 0 Å². The van der Waals surface area contributed by atoms with E-state index in [4.69, 9.17) is 4.74 Å². The number of halogens is 1. The molecule has 0 bridgehead atoms. The Bertz CT molecular complexity index is 931. The van der Waals surface area contributed by atoms with Gasteiger partial charge in [0.15, 0.2) is 0 Å². The zero-order chi connectivity index (χ0) is 22.4. The molecule has 0 aliphatic carbocycles. The molecule has 0 saturated carbocycles. The molecule has 4 rings (SSSR count). The van der Waals surface area contributed by atoms with Gasteiger partial charge in [-0.15, -0.1) is 0 Å². The van der Waals surface area contributed by atoms with Crippen LogP contribution in [0.4, 0.5) is 0 Å². The molecule has 1 aliphatic heterocycles. The second-order valence-corrected chi connectivity index (χ2v) is 9.86. The third-order valence-corrected chi connectivity index (χ3v) is 7.00. The van der Waals surface area contributed by atoms with Crippen LogP contribution in [0.5, 0.6) is 5.75 Å². The van der Waals surface area contributed by atoms with Crippen LogP contribution in [0.15, 0.2) is 89.4 Å². The highest BCUT2D eigenvalue weighted by molar-refractivity contribution is 9.10. The minimum Gasteiger partial charge on any atom is -0.493 e. The van der Waals surface area contributed by atoms with Crippen LogP contribution in [-0.4, -0.2) is 36.2 Å². The molecule has 1 aliphatic rings. The molecule has 1 atom stereocenters. The molecule has 4 heteroatoms. The second-order valence-electron chi connectivity index (χ2n) is 8.95. The Morgan fingerprint density at radius 1 is 0.938 bits per heavy atom. The fraction of sp³-hybridized carbons (Fsp3) is 0.357. The lowest BCUT2D eigenvalue weighted by Gasteiger charge is -2.42. The number of hydrogen-bond acceptors (Lipinski definition) is 3. The van der Waals surface area contributed by atoms with E-state index in [9.17, 15) is 5.11 Å². The zero-order valence-corrected chi connectivity index (χ0v) is 20.2. The zero-order valence-electron chi connectivity index (χ0n) is 18.7. The normalized spacial score (nSPS) is 16.6. The highest BCUT2D eigenvalue weighted by Gasteiger charge is 2.41. The maximum Gasteiger partial charge on any atom is 0.120 e. The Balaban J connectivity index is 1.37. The first-order valence-corrected chi connectivity index (χ1v) is 12.3. The highest BCUT2D eigenvalue weighted by atomic mass is 79.9. The first-order valence-electron chi connectivity index (χ1n) is 11.5. The van der Waals surface area contributed by atoms with Gasteiger partial charge < -0.3 is 14.7 Å². The van der Waals surface area contributed by atoms with E-state index in [1.54, 1.807) is 0 Å². The molecule has 3 nitrogen and oxygen atoms in total. The van der Waals surface area contributed by atoms with Crippen LogP contribution in [0.2, 0.25) is 0 Å². The summed E-state index contributed by atoms with van der Waals surface area (Å²) in [6.07, 6.45) is 1.94. The van der Waals surface area contributed by atoms with E-state index in [0.717, 1.165) is 53.8 Å². The van der Waals surface area contributed by atoms with Crippen molar-refractivity contribution in [1.82, 2.24) is 4.90 Å². The Labute approximate surface area is 200 Å². The molecule has 3 aromatic rings. The molecule has 168 valence electrons. The summed E-state index contributed by atoms with van der Waals surface area (Å²) in [5.74, 6) is 1.53. The van der Waals surface area contributed by atoms with Gasteiger partial charge >= 0.3 is 0 Å². The number of hydrogen-bond donors (Lipinski definition) is 1. The number of piperidine rings is 1. The van der Waals surface area contributed by atoms with Crippen LogP contribution in [-0.2, 0) is 5.60 Å². The predicted octanol–water partition coefficient (Wildman–Crippen LogP) is 6.11. The van der Waals surface area contributed by atoms with Crippen LogP contribution in [0, 0.1) is 11.8 Å². The highest BCUT2D eigenvalue weighted by Crippen LogP contribution is 2.41. The van der Waals surface area contributed by atoms with Gasteiger partial charge in [-0.1, -0.05) is 89.6 Å². The third-order valence-electron chi connectivity index (χ3n) is 6.51.